The Morgan fingerprint density at radius 1 is 1.24 bits per heavy atom. The van der Waals surface area contributed by atoms with E-state index in [1.165, 1.54) is 12.0 Å². The first kappa shape index (κ1) is 31.0. The number of likely N-dealkylation sites (tertiary alicyclic amines) is 1. The molecule has 0 spiro atoms. The van der Waals surface area contributed by atoms with Gasteiger partial charge in [-0.25, -0.2) is 0 Å². The zero-order chi connectivity index (χ0) is 28.3. The lowest BCUT2D eigenvalue weighted by Gasteiger charge is -2.37. The first-order valence-electron chi connectivity index (χ1n) is 13.1. The van der Waals surface area contributed by atoms with E-state index in [1.807, 2.05) is 38.1 Å². The lowest BCUT2D eigenvalue weighted by Crippen LogP contribution is -2.53. The molecule has 2 fully saturated rings. The number of methoxy groups -OCH3 is 1. The molecule has 2 heterocycles. The number of ether oxygens (including phenoxy) is 4. The number of hydrogen-bond donors (Lipinski definition) is 1. The molecule has 0 saturated carbocycles. The van der Waals surface area contributed by atoms with Gasteiger partial charge in [0.1, 0.15) is 30.6 Å². The van der Waals surface area contributed by atoms with E-state index in [9.17, 15) is 9.59 Å². The third-order valence-electron chi connectivity index (χ3n) is 7.43. The van der Waals surface area contributed by atoms with Crippen LogP contribution < -0.4 is 10.1 Å². The summed E-state index contributed by atoms with van der Waals surface area (Å²) in [5.41, 5.74) is 0. The average Bonchev–Trinajstić information content (AvgIpc) is 3.29. The highest BCUT2D eigenvalue weighted by Gasteiger charge is 2.56. The van der Waals surface area contributed by atoms with E-state index in [4.69, 9.17) is 23.4 Å². The van der Waals surface area contributed by atoms with E-state index in [0.717, 1.165) is 10.2 Å². The van der Waals surface area contributed by atoms with Crippen LogP contribution in [0.3, 0.4) is 0 Å². The maximum atomic E-state index is 13.5. The highest BCUT2D eigenvalue weighted by atomic mass is 79.9. The van der Waals surface area contributed by atoms with Crippen LogP contribution in [0.4, 0.5) is 0 Å². The van der Waals surface area contributed by atoms with Gasteiger partial charge >= 0.3 is 0 Å². The van der Waals surface area contributed by atoms with Crippen molar-refractivity contribution in [1.29, 1.82) is 0 Å². The van der Waals surface area contributed by atoms with Crippen LogP contribution in [0.2, 0.25) is 18.1 Å². The fourth-order valence-corrected chi connectivity index (χ4v) is 5.80. The monoisotopic (exact) mass is 614 g/mol. The molecule has 1 aromatic rings. The van der Waals surface area contributed by atoms with E-state index in [1.54, 1.807) is 0 Å². The lowest BCUT2D eigenvalue weighted by molar-refractivity contribution is -0.171. The second kappa shape index (κ2) is 12.3. The van der Waals surface area contributed by atoms with Gasteiger partial charge in [-0.15, -0.1) is 0 Å². The van der Waals surface area contributed by atoms with E-state index in [2.05, 4.69) is 55.1 Å². The highest BCUT2D eigenvalue weighted by molar-refractivity contribution is 9.10. The number of carbonyl (C=O) groups is 2. The molecular formula is C27H43BrN2O7Si. The Morgan fingerprint density at radius 3 is 2.58 bits per heavy atom. The number of nitrogens with zero attached hydrogens (tertiary/aromatic N) is 1. The molecule has 38 heavy (non-hydrogen) atoms. The van der Waals surface area contributed by atoms with Gasteiger partial charge in [-0.05, 0) is 50.2 Å². The molecule has 2 aliphatic heterocycles. The maximum Gasteiger partial charge on any atom is 0.249 e. The van der Waals surface area contributed by atoms with Gasteiger partial charge < -0.3 is 33.6 Å². The van der Waals surface area contributed by atoms with Gasteiger partial charge in [-0.1, -0.05) is 42.8 Å². The van der Waals surface area contributed by atoms with Crippen molar-refractivity contribution in [2.24, 2.45) is 5.92 Å². The number of rotatable bonds is 11. The second-order valence-corrected chi connectivity index (χ2v) is 17.7. The number of halogens is 1. The topological polar surface area (TPSA) is 95.6 Å². The van der Waals surface area contributed by atoms with Crippen LogP contribution in [0.25, 0.3) is 0 Å². The van der Waals surface area contributed by atoms with Crippen LogP contribution in [-0.4, -0.2) is 89.1 Å². The molecule has 0 bridgehead atoms. The molecule has 3 rings (SSSR count). The van der Waals surface area contributed by atoms with Crippen LogP contribution in [-0.2, 0) is 28.2 Å². The summed E-state index contributed by atoms with van der Waals surface area (Å²) in [4.78, 5) is 27.8. The number of amides is 2. The summed E-state index contributed by atoms with van der Waals surface area (Å²) < 4.78 is 30.5. The molecule has 0 unspecified atom stereocenters. The van der Waals surface area contributed by atoms with E-state index < -0.39 is 26.3 Å². The van der Waals surface area contributed by atoms with Crippen molar-refractivity contribution in [1.82, 2.24) is 10.2 Å². The van der Waals surface area contributed by atoms with Gasteiger partial charge in [0.2, 0.25) is 11.8 Å². The summed E-state index contributed by atoms with van der Waals surface area (Å²) in [5.74, 6) is -0.756. The van der Waals surface area contributed by atoms with Gasteiger partial charge in [-0.3, -0.25) is 9.59 Å². The Bertz CT molecular complexity index is 984. The van der Waals surface area contributed by atoms with Crippen LogP contribution in [0.1, 0.15) is 34.6 Å². The van der Waals surface area contributed by atoms with Crippen LogP contribution in [0.5, 0.6) is 5.75 Å². The molecule has 11 heteroatoms. The maximum absolute atomic E-state index is 13.5. The molecule has 0 radical (unpaired) electrons. The van der Waals surface area contributed by atoms with Crippen molar-refractivity contribution < 1.29 is 33.0 Å². The largest absolute Gasteiger partial charge is 0.493 e. The second-order valence-electron chi connectivity index (χ2n) is 12.0. The first-order valence-corrected chi connectivity index (χ1v) is 16.8. The smallest absolute Gasteiger partial charge is 0.249 e. The molecule has 2 aliphatic rings. The van der Waals surface area contributed by atoms with E-state index in [-0.39, 0.29) is 42.0 Å². The Morgan fingerprint density at radius 2 is 1.95 bits per heavy atom. The molecule has 2 saturated heterocycles. The number of fused-ring (bicyclic) bond motifs is 1. The zero-order valence-electron chi connectivity index (χ0n) is 23.8. The van der Waals surface area contributed by atoms with Crippen molar-refractivity contribution in [3.63, 3.8) is 0 Å². The number of benzene rings is 1. The molecular weight excluding hydrogens is 572 g/mol. The standard InChI is InChI=1S/C27H43BrN2O7Si/c1-26(2,3)38(7,8)35-16-18(15-34-20-11-9-10-19(28)12-20)13-29-25(32)23-24-21(36-27(4,5)37-24)14-30(23)22(31)17-33-6/h9-12,18,21,23-24H,13-17H2,1-8H3,(H,29,32)/t18-,21+,23+,24+/m0/s1. The van der Waals surface area contributed by atoms with Crippen LogP contribution in [0, 0.1) is 5.92 Å². The third-order valence-corrected chi connectivity index (χ3v) is 12.4. The van der Waals surface area contributed by atoms with Gasteiger partial charge in [0.15, 0.2) is 14.1 Å². The molecule has 9 nitrogen and oxygen atoms in total. The Hall–Kier alpha value is -1.50. The minimum Gasteiger partial charge on any atom is -0.493 e. The fraction of sp³-hybridized carbons (Fsp3) is 0.704. The van der Waals surface area contributed by atoms with Crippen molar-refractivity contribution >= 4 is 36.1 Å². The summed E-state index contributed by atoms with van der Waals surface area (Å²) in [6.45, 7) is 15.9. The predicted molar refractivity (Wildman–Crippen MR) is 150 cm³/mol. The number of carbonyl (C=O) groups excluding carboxylic acids is 2. The summed E-state index contributed by atoms with van der Waals surface area (Å²) >= 11 is 3.47. The van der Waals surface area contributed by atoms with Gasteiger partial charge in [0.05, 0.1) is 13.2 Å². The Kier molecular flexibility index (Phi) is 10.1. The fourth-order valence-electron chi connectivity index (χ4n) is 4.34. The van der Waals surface area contributed by atoms with Crippen molar-refractivity contribution in [2.75, 3.05) is 40.0 Å². The summed E-state index contributed by atoms with van der Waals surface area (Å²) in [6, 6.07) is 6.84. The summed E-state index contributed by atoms with van der Waals surface area (Å²) in [7, 11) is -0.558. The van der Waals surface area contributed by atoms with E-state index in [0.29, 0.717) is 19.8 Å². The predicted octanol–water partition coefficient (Wildman–Crippen LogP) is 3.96. The molecule has 214 valence electrons. The average molecular weight is 616 g/mol. The van der Waals surface area contributed by atoms with Crippen molar-refractivity contribution in [3.8, 4) is 5.75 Å². The normalized spacial score (nSPS) is 23.7. The number of hydrogen-bond acceptors (Lipinski definition) is 7. The minimum absolute atomic E-state index is 0.0552. The van der Waals surface area contributed by atoms with E-state index >= 15 is 0 Å². The summed E-state index contributed by atoms with van der Waals surface area (Å²) in [6.07, 6.45) is -0.926. The minimum atomic E-state index is -2.01. The molecule has 0 aromatic heterocycles. The summed E-state index contributed by atoms with van der Waals surface area (Å²) in [5, 5.41) is 3.11. The molecule has 1 N–H and O–H groups in total. The van der Waals surface area contributed by atoms with Gasteiger partial charge in [0.25, 0.3) is 0 Å². The van der Waals surface area contributed by atoms with Gasteiger partial charge in [0, 0.05) is 30.7 Å². The Balaban J connectivity index is 1.71. The lowest BCUT2D eigenvalue weighted by atomic mass is 10.1. The SMILES string of the molecule is COCC(=O)N1C[C@H]2OC(C)(C)O[C@H]2[C@@H]1C(=O)NC[C@@H](COc1cccc(Br)c1)CO[Si](C)(C)C(C)(C)C. The van der Waals surface area contributed by atoms with Crippen molar-refractivity contribution in [2.45, 2.75) is 76.8 Å². The quantitative estimate of drug-likeness (QED) is 0.377. The Labute approximate surface area is 236 Å². The third kappa shape index (κ3) is 7.79. The first-order chi connectivity index (χ1) is 17.6. The molecule has 4 atom stereocenters. The molecule has 1 aromatic carbocycles. The highest BCUT2D eigenvalue weighted by Crippen LogP contribution is 2.38. The van der Waals surface area contributed by atoms with Gasteiger partial charge in [-0.2, -0.15) is 0 Å². The van der Waals surface area contributed by atoms with Crippen molar-refractivity contribution in [3.05, 3.63) is 28.7 Å². The zero-order valence-corrected chi connectivity index (χ0v) is 26.4. The molecule has 2 amide bonds. The number of nitrogens with one attached hydrogen (secondary N) is 1. The van der Waals surface area contributed by atoms with Crippen LogP contribution >= 0.6 is 15.9 Å². The van der Waals surface area contributed by atoms with Crippen LogP contribution in [0.15, 0.2) is 28.7 Å². The molecule has 0 aliphatic carbocycles.